The average molecular weight is 346 g/mol. The Labute approximate surface area is 143 Å². The number of hydrogen-bond donors (Lipinski definition) is 2. The van der Waals surface area contributed by atoms with Crippen LogP contribution in [0.1, 0.15) is 5.01 Å². The van der Waals surface area contributed by atoms with Crippen LogP contribution in [0, 0.1) is 6.92 Å². The van der Waals surface area contributed by atoms with E-state index in [-0.39, 0.29) is 19.2 Å². The van der Waals surface area contributed by atoms with E-state index in [2.05, 4.69) is 10.3 Å². The first kappa shape index (κ1) is 16.4. The molecule has 0 radical (unpaired) electrons. The van der Waals surface area contributed by atoms with Gasteiger partial charge in [0.1, 0.15) is 0 Å². The minimum absolute atomic E-state index is 0.144. The molecule has 2 aromatic rings. The van der Waals surface area contributed by atoms with Crippen LogP contribution in [0.5, 0.6) is 0 Å². The number of benzene rings is 1. The van der Waals surface area contributed by atoms with Gasteiger partial charge in [-0.05, 0) is 12.5 Å². The molecule has 1 aliphatic heterocycles. The predicted octanol–water partition coefficient (Wildman–Crippen LogP) is 1.84. The van der Waals surface area contributed by atoms with Gasteiger partial charge in [-0.1, -0.05) is 30.3 Å². The van der Waals surface area contributed by atoms with E-state index < -0.39 is 12.0 Å². The highest BCUT2D eigenvalue weighted by Gasteiger charge is 2.28. The van der Waals surface area contributed by atoms with Gasteiger partial charge in [0.05, 0.1) is 23.0 Å². The van der Waals surface area contributed by atoms with Crippen molar-refractivity contribution in [2.24, 2.45) is 5.73 Å². The Morgan fingerprint density at radius 1 is 1.38 bits per heavy atom. The maximum Gasteiger partial charge on any atom is 0.323 e. The Morgan fingerprint density at radius 3 is 2.83 bits per heavy atom. The zero-order chi connectivity index (χ0) is 17.1. The minimum Gasteiger partial charge on any atom is -0.367 e. The van der Waals surface area contributed by atoms with E-state index in [1.165, 1.54) is 16.2 Å². The third-order valence-corrected chi connectivity index (χ3v) is 4.69. The monoisotopic (exact) mass is 346 g/mol. The molecule has 1 aliphatic rings. The van der Waals surface area contributed by atoms with E-state index in [1.54, 1.807) is 0 Å². The van der Waals surface area contributed by atoms with E-state index in [4.69, 9.17) is 10.5 Å². The van der Waals surface area contributed by atoms with E-state index in [9.17, 15) is 9.59 Å². The molecule has 3 rings (SSSR count). The molecule has 0 unspecified atom stereocenters. The van der Waals surface area contributed by atoms with Gasteiger partial charge in [-0.3, -0.25) is 10.1 Å². The number of carbonyl (C=O) groups excluding carboxylic acids is 2. The van der Waals surface area contributed by atoms with Gasteiger partial charge in [0.25, 0.3) is 0 Å². The first-order valence-electron chi connectivity index (χ1n) is 7.54. The van der Waals surface area contributed by atoms with Crippen molar-refractivity contribution in [2.75, 3.05) is 25.0 Å². The number of rotatable bonds is 3. The lowest BCUT2D eigenvalue weighted by atomic mass is 10.2. The van der Waals surface area contributed by atoms with Crippen molar-refractivity contribution in [3.05, 3.63) is 35.3 Å². The van der Waals surface area contributed by atoms with Gasteiger partial charge in [0.15, 0.2) is 11.9 Å². The van der Waals surface area contributed by atoms with Crippen LogP contribution in [-0.4, -0.2) is 47.6 Å². The molecular formula is C16H18N4O3S. The van der Waals surface area contributed by atoms with E-state index in [0.717, 1.165) is 15.4 Å². The van der Waals surface area contributed by atoms with Crippen LogP contribution in [0.2, 0.25) is 0 Å². The van der Waals surface area contributed by atoms with Crippen molar-refractivity contribution >= 4 is 29.1 Å². The van der Waals surface area contributed by atoms with Crippen LogP contribution in [0.15, 0.2) is 30.3 Å². The smallest absolute Gasteiger partial charge is 0.323 e. The molecule has 1 fully saturated rings. The topological polar surface area (TPSA) is 97.6 Å². The first-order chi connectivity index (χ1) is 11.5. The molecule has 1 aromatic heterocycles. The maximum atomic E-state index is 12.5. The minimum atomic E-state index is -0.768. The molecule has 0 saturated carbocycles. The second-order valence-corrected chi connectivity index (χ2v) is 6.62. The van der Waals surface area contributed by atoms with Gasteiger partial charge in [0.2, 0.25) is 5.91 Å². The Bertz CT molecular complexity index is 747. The fourth-order valence-corrected chi connectivity index (χ4v) is 3.36. The third kappa shape index (κ3) is 3.55. The molecular weight excluding hydrogens is 328 g/mol. The number of primary amides is 1. The molecule has 1 saturated heterocycles. The SMILES string of the molecule is Cc1nc(NC(=O)N2CCO[C@@H](C(N)=O)C2)c(-c2ccccc2)s1. The lowest BCUT2D eigenvalue weighted by molar-refractivity contribution is -0.133. The second kappa shape index (κ2) is 6.98. The van der Waals surface area contributed by atoms with Gasteiger partial charge in [-0.25, -0.2) is 9.78 Å². The number of urea groups is 1. The molecule has 2 heterocycles. The third-order valence-electron chi connectivity index (χ3n) is 3.67. The summed E-state index contributed by atoms with van der Waals surface area (Å²) in [5.74, 6) is -0.0437. The summed E-state index contributed by atoms with van der Waals surface area (Å²) in [5, 5.41) is 3.70. The molecule has 0 bridgehead atoms. The molecule has 0 aliphatic carbocycles. The van der Waals surface area contributed by atoms with Crippen LogP contribution >= 0.6 is 11.3 Å². The number of amides is 3. The molecule has 0 spiro atoms. The Kier molecular flexibility index (Phi) is 4.77. The summed E-state index contributed by atoms with van der Waals surface area (Å²) >= 11 is 1.52. The van der Waals surface area contributed by atoms with Crippen molar-refractivity contribution in [1.82, 2.24) is 9.88 Å². The van der Waals surface area contributed by atoms with Gasteiger partial charge in [-0.15, -0.1) is 11.3 Å². The molecule has 3 N–H and O–H groups in total. The summed E-state index contributed by atoms with van der Waals surface area (Å²) in [6.07, 6.45) is -0.768. The van der Waals surface area contributed by atoms with Crippen molar-refractivity contribution in [3.8, 4) is 10.4 Å². The quantitative estimate of drug-likeness (QED) is 0.886. The summed E-state index contributed by atoms with van der Waals surface area (Å²) < 4.78 is 5.26. The number of hydrogen-bond acceptors (Lipinski definition) is 5. The number of carbonyl (C=O) groups is 2. The van der Waals surface area contributed by atoms with Gasteiger partial charge < -0.3 is 15.4 Å². The Morgan fingerprint density at radius 2 is 2.12 bits per heavy atom. The number of anilines is 1. The number of nitrogens with one attached hydrogen (secondary N) is 1. The number of ether oxygens (including phenoxy) is 1. The highest BCUT2D eigenvalue weighted by Crippen LogP contribution is 2.33. The largest absolute Gasteiger partial charge is 0.367 e. The molecule has 1 aromatic carbocycles. The summed E-state index contributed by atoms with van der Waals surface area (Å²) in [7, 11) is 0. The Balaban J connectivity index is 1.76. The van der Waals surface area contributed by atoms with Gasteiger partial charge >= 0.3 is 6.03 Å². The van der Waals surface area contributed by atoms with Crippen molar-refractivity contribution in [1.29, 1.82) is 0 Å². The van der Waals surface area contributed by atoms with E-state index in [1.807, 2.05) is 37.3 Å². The number of nitrogens with two attached hydrogens (primary N) is 1. The standard InChI is InChI=1S/C16H18N4O3S/c1-10-18-15(13(24-10)11-5-3-2-4-6-11)19-16(22)20-7-8-23-12(9-20)14(17)21/h2-6,12H,7-9H2,1H3,(H2,17,21)(H,19,22)/t12-/m1/s1. The molecule has 3 amide bonds. The van der Waals surface area contributed by atoms with E-state index in [0.29, 0.717) is 12.4 Å². The van der Waals surface area contributed by atoms with Crippen LogP contribution in [0.3, 0.4) is 0 Å². The summed E-state index contributed by atoms with van der Waals surface area (Å²) in [6.45, 7) is 2.72. The van der Waals surface area contributed by atoms with Crippen LogP contribution < -0.4 is 11.1 Å². The number of aromatic nitrogens is 1. The fourth-order valence-electron chi connectivity index (χ4n) is 2.48. The molecule has 1 atom stereocenters. The highest BCUT2D eigenvalue weighted by atomic mass is 32.1. The highest BCUT2D eigenvalue weighted by molar-refractivity contribution is 7.15. The summed E-state index contributed by atoms with van der Waals surface area (Å²) in [5.41, 5.74) is 6.25. The lowest BCUT2D eigenvalue weighted by Gasteiger charge is -2.31. The Hall–Kier alpha value is -2.45. The van der Waals surface area contributed by atoms with Crippen molar-refractivity contribution in [3.63, 3.8) is 0 Å². The van der Waals surface area contributed by atoms with Crippen LogP contribution in [0.4, 0.5) is 10.6 Å². The molecule has 8 heteroatoms. The lowest BCUT2D eigenvalue weighted by Crippen LogP contribution is -2.51. The van der Waals surface area contributed by atoms with Gasteiger partial charge in [-0.2, -0.15) is 0 Å². The predicted molar refractivity (Wildman–Crippen MR) is 91.8 cm³/mol. The molecule has 24 heavy (non-hydrogen) atoms. The van der Waals surface area contributed by atoms with Crippen molar-refractivity contribution < 1.29 is 14.3 Å². The fraction of sp³-hybridized carbons (Fsp3) is 0.312. The maximum absolute atomic E-state index is 12.5. The van der Waals surface area contributed by atoms with E-state index >= 15 is 0 Å². The number of thiazole rings is 1. The summed E-state index contributed by atoms with van der Waals surface area (Å²) in [4.78, 5) is 30.6. The molecule has 7 nitrogen and oxygen atoms in total. The molecule has 126 valence electrons. The van der Waals surface area contributed by atoms with Crippen molar-refractivity contribution in [2.45, 2.75) is 13.0 Å². The van der Waals surface area contributed by atoms with Crippen LogP contribution in [-0.2, 0) is 9.53 Å². The normalized spacial score (nSPS) is 17.5. The number of aryl methyl sites for hydroxylation is 1. The number of nitrogens with zero attached hydrogens (tertiary/aromatic N) is 2. The van der Waals surface area contributed by atoms with Gasteiger partial charge in [0, 0.05) is 6.54 Å². The summed E-state index contributed by atoms with van der Waals surface area (Å²) in [6, 6.07) is 9.45. The second-order valence-electron chi connectivity index (χ2n) is 5.41. The van der Waals surface area contributed by atoms with Crippen LogP contribution in [0.25, 0.3) is 10.4 Å². The first-order valence-corrected chi connectivity index (χ1v) is 8.36. The number of morpholine rings is 1. The zero-order valence-corrected chi connectivity index (χ0v) is 14.0. The average Bonchev–Trinajstić information content (AvgIpc) is 2.96. The zero-order valence-electron chi connectivity index (χ0n) is 13.2.